The summed E-state index contributed by atoms with van der Waals surface area (Å²) in [4.78, 5) is 2.23. The van der Waals surface area contributed by atoms with Crippen molar-refractivity contribution in [1.29, 1.82) is 5.26 Å². The smallest absolute Gasteiger partial charge is 0.123 e. The number of nitriles is 1. The van der Waals surface area contributed by atoms with Gasteiger partial charge in [0.1, 0.15) is 5.75 Å². The lowest BCUT2D eigenvalue weighted by atomic mass is 9.98. The fraction of sp³-hybridized carbons (Fsp3) is 0.533. The number of nitrogens with two attached hydrogens (primary N) is 1. The third kappa shape index (κ3) is 3.95. The van der Waals surface area contributed by atoms with Crippen LogP contribution in [0.5, 0.6) is 5.75 Å². The molecule has 1 aromatic rings. The summed E-state index contributed by atoms with van der Waals surface area (Å²) in [6.45, 7) is 5.65. The zero-order valence-electron chi connectivity index (χ0n) is 12.0. The molecule has 0 spiro atoms. The van der Waals surface area contributed by atoms with Gasteiger partial charge in [-0.1, -0.05) is 25.1 Å². The Labute approximate surface area is 115 Å². The summed E-state index contributed by atoms with van der Waals surface area (Å²) in [5, 5.41) is 8.77. The van der Waals surface area contributed by atoms with Crippen LogP contribution in [0.3, 0.4) is 0 Å². The Kier molecular flexibility index (Phi) is 6.34. The molecule has 0 saturated carbocycles. The maximum atomic E-state index is 8.77. The Balaban J connectivity index is 3.08. The van der Waals surface area contributed by atoms with Crippen molar-refractivity contribution in [3.05, 3.63) is 29.8 Å². The Bertz CT molecular complexity index is 426. The van der Waals surface area contributed by atoms with Crippen LogP contribution < -0.4 is 10.5 Å². The van der Waals surface area contributed by atoms with Gasteiger partial charge in [0.05, 0.1) is 19.2 Å². The van der Waals surface area contributed by atoms with Crippen LogP contribution in [0.15, 0.2) is 24.3 Å². The van der Waals surface area contributed by atoms with Crippen LogP contribution in [0, 0.1) is 11.3 Å². The number of para-hydroxylation sites is 1. The van der Waals surface area contributed by atoms with Crippen LogP contribution in [-0.4, -0.2) is 31.1 Å². The number of hydrogen-bond donors (Lipinski definition) is 1. The van der Waals surface area contributed by atoms with Crippen molar-refractivity contribution in [2.24, 2.45) is 5.73 Å². The average molecular weight is 261 g/mol. The van der Waals surface area contributed by atoms with Gasteiger partial charge < -0.3 is 10.5 Å². The third-order valence-electron chi connectivity index (χ3n) is 3.27. The van der Waals surface area contributed by atoms with Crippen LogP contribution in [-0.2, 0) is 0 Å². The van der Waals surface area contributed by atoms with Crippen molar-refractivity contribution in [3.63, 3.8) is 0 Å². The topological polar surface area (TPSA) is 62.3 Å². The lowest BCUT2D eigenvalue weighted by Gasteiger charge is -2.34. The Morgan fingerprint density at radius 3 is 2.63 bits per heavy atom. The van der Waals surface area contributed by atoms with Crippen LogP contribution in [0.1, 0.15) is 31.9 Å². The first-order valence-electron chi connectivity index (χ1n) is 6.65. The van der Waals surface area contributed by atoms with E-state index in [1.54, 1.807) is 7.11 Å². The van der Waals surface area contributed by atoms with Crippen LogP contribution in [0.25, 0.3) is 0 Å². The van der Waals surface area contributed by atoms with Crippen LogP contribution in [0.2, 0.25) is 0 Å². The molecule has 4 nitrogen and oxygen atoms in total. The molecule has 2 N–H and O–H groups in total. The average Bonchev–Trinajstić information content (AvgIpc) is 2.43. The molecular weight excluding hydrogens is 238 g/mol. The molecule has 104 valence electrons. The van der Waals surface area contributed by atoms with Gasteiger partial charge in [0, 0.05) is 24.6 Å². The summed E-state index contributed by atoms with van der Waals surface area (Å²) in [6.07, 6.45) is 0.506. The number of methoxy groups -OCH3 is 1. The van der Waals surface area contributed by atoms with Gasteiger partial charge in [-0.15, -0.1) is 0 Å². The minimum absolute atomic E-state index is 0.0325. The fourth-order valence-corrected chi connectivity index (χ4v) is 2.41. The summed E-state index contributed by atoms with van der Waals surface area (Å²) in [5.74, 6) is 0.847. The predicted molar refractivity (Wildman–Crippen MR) is 76.9 cm³/mol. The first kappa shape index (κ1) is 15.5. The van der Waals surface area contributed by atoms with E-state index in [1.165, 1.54) is 0 Å². The molecule has 19 heavy (non-hydrogen) atoms. The van der Waals surface area contributed by atoms with E-state index in [1.807, 2.05) is 31.2 Å². The number of rotatable bonds is 7. The van der Waals surface area contributed by atoms with Crippen molar-refractivity contribution < 1.29 is 4.74 Å². The summed E-state index contributed by atoms with van der Waals surface area (Å²) in [6, 6.07) is 10.2. The Hall–Kier alpha value is -1.57. The van der Waals surface area contributed by atoms with Gasteiger partial charge in [-0.3, -0.25) is 4.90 Å². The van der Waals surface area contributed by atoms with Crippen molar-refractivity contribution in [1.82, 2.24) is 4.90 Å². The number of hydrogen-bond acceptors (Lipinski definition) is 4. The molecular formula is C15H23N3O. The first-order chi connectivity index (χ1) is 9.15. The van der Waals surface area contributed by atoms with Crippen molar-refractivity contribution in [3.8, 4) is 11.8 Å². The molecule has 1 aromatic carbocycles. The van der Waals surface area contributed by atoms with E-state index in [-0.39, 0.29) is 12.1 Å². The largest absolute Gasteiger partial charge is 0.496 e. The molecule has 0 aliphatic rings. The Morgan fingerprint density at radius 2 is 2.11 bits per heavy atom. The van der Waals surface area contributed by atoms with Gasteiger partial charge in [-0.05, 0) is 19.5 Å². The molecule has 1 rings (SSSR count). The second-order valence-corrected chi connectivity index (χ2v) is 4.58. The molecule has 0 aromatic heterocycles. The van der Waals surface area contributed by atoms with Gasteiger partial charge in [0.25, 0.3) is 0 Å². The highest BCUT2D eigenvalue weighted by Gasteiger charge is 2.25. The zero-order valence-corrected chi connectivity index (χ0v) is 12.0. The highest BCUT2D eigenvalue weighted by atomic mass is 16.5. The normalized spacial score (nSPS) is 13.9. The van der Waals surface area contributed by atoms with E-state index in [9.17, 15) is 0 Å². The molecule has 0 aliphatic heterocycles. The van der Waals surface area contributed by atoms with Gasteiger partial charge in [-0.2, -0.15) is 5.26 Å². The molecule has 2 unspecified atom stereocenters. The molecule has 0 saturated heterocycles. The van der Waals surface area contributed by atoms with Gasteiger partial charge in [0.15, 0.2) is 0 Å². The molecule has 4 heteroatoms. The second-order valence-electron chi connectivity index (χ2n) is 4.58. The van der Waals surface area contributed by atoms with Gasteiger partial charge >= 0.3 is 0 Å². The second kappa shape index (κ2) is 7.78. The van der Waals surface area contributed by atoms with Crippen LogP contribution in [0.4, 0.5) is 0 Å². The van der Waals surface area contributed by atoms with Crippen molar-refractivity contribution in [2.45, 2.75) is 32.4 Å². The summed E-state index contributed by atoms with van der Waals surface area (Å²) in [7, 11) is 1.67. The minimum Gasteiger partial charge on any atom is -0.496 e. The summed E-state index contributed by atoms with van der Waals surface area (Å²) < 4.78 is 5.43. The lowest BCUT2D eigenvalue weighted by molar-refractivity contribution is 0.186. The van der Waals surface area contributed by atoms with E-state index in [4.69, 9.17) is 15.7 Å². The lowest BCUT2D eigenvalue weighted by Crippen LogP contribution is -2.40. The first-order valence-corrected chi connectivity index (χ1v) is 6.65. The van der Waals surface area contributed by atoms with Crippen molar-refractivity contribution in [2.75, 3.05) is 20.2 Å². The van der Waals surface area contributed by atoms with Gasteiger partial charge in [0.2, 0.25) is 0 Å². The molecule has 0 fully saturated rings. The molecule has 0 radical (unpaired) electrons. The number of benzene rings is 1. The number of likely N-dealkylation sites (N-methyl/N-ethyl adjacent to an activating group) is 1. The maximum absolute atomic E-state index is 8.77. The van der Waals surface area contributed by atoms with Crippen molar-refractivity contribution >= 4 is 0 Å². The van der Waals surface area contributed by atoms with E-state index < -0.39 is 0 Å². The summed E-state index contributed by atoms with van der Waals surface area (Å²) >= 11 is 0. The summed E-state index contributed by atoms with van der Waals surface area (Å²) in [5.41, 5.74) is 7.24. The highest BCUT2D eigenvalue weighted by molar-refractivity contribution is 5.36. The van der Waals surface area contributed by atoms with Gasteiger partial charge in [-0.25, -0.2) is 0 Å². The monoisotopic (exact) mass is 261 g/mol. The zero-order chi connectivity index (χ0) is 14.3. The minimum atomic E-state index is -0.0325. The van der Waals surface area contributed by atoms with E-state index in [2.05, 4.69) is 17.9 Å². The number of nitrogens with zero attached hydrogens (tertiary/aromatic N) is 2. The third-order valence-corrected chi connectivity index (χ3v) is 3.27. The molecule has 0 aliphatic carbocycles. The number of ether oxygens (including phenoxy) is 1. The van der Waals surface area contributed by atoms with Crippen LogP contribution >= 0.6 is 0 Å². The SMILES string of the molecule is CCN(CCC#N)C(c1ccccc1OC)C(C)N. The highest BCUT2D eigenvalue weighted by Crippen LogP contribution is 2.31. The van der Waals surface area contributed by atoms with E-state index in [0.717, 1.165) is 24.4 Å². The standard InChI is InChI=1S/C15H23N3O/c1-4-18(11-7-10-16)15(12(2)17)13-8-5-6-9-14(13)19-3/h5-6,8-9,12,15H,4,7,11,17H2,1-3H3. The fourth-order valence-electron chi connectivity index (χ4n) is 2.41. The van der Waals surface area contributed by atoms with E-state index >= 15 is 0 Å². The van der Waals surface area contributed by atoms with E-state index in [0.29, 0.717) is 6.42 Å². The predicted octanol–water partition coefficient (Wildman–Crippen LogP) is 2.32. The molecule has 0 heterocycles. The Morgan fingerprint density at radius 1 is 1.42 bits per heavy atom. The quantitative estimate of drug-likeness (QED) is 0.818. The molecule has 0 bridgehead atoms. The molecule has 0 amide bonds. The molecule has 2 atom stereocenters. The maximum Gasteiger partial charge on any atom is 0.123 e.